The Morgan fingerprint density at radius 1 is 1.47 bits per heavy atom. The van der Waals surface area contributed by atoms with Crippen LogP contribution in [0.15, 0.2) is 23.1 Å². The summed E-state index contributed by atoms with van der Waals surface area (Å²) in [6.07, 6.45) is 2.47. The van der Waals surface area contributed by atoms with Crippen molar-refractivity contribution >= 4 is 11.8 Å². The Hall–Kier alpha value is -0.510. The van der Waals surface area contributed by atoms with Crippen LogP contribution in [0.3, 0.4) is 0 Å². The second-order valence-corrected chi connectivity index (χ2v) is 6.35. The molecule has 0 radical (unpaired) electrons. The van der Waals surface area contributed by atoms with E-state index in [4.69, 9.17) is 5.73 Å². The maximum absolute atomic E-state index is 5.82. The van der Waals surface area contributed by atoms with Crippen LogP contribution >= 0.6 is 11.8 Å². The van der Waals surface area contributed by atoms with Gasteiger partial charge in [0.25, 0.3) is 0 Å². The Kier molecular flexibility index (Phi) is 3.16. The van der Waals surface area contributed by atoms with E-state index in [1.54, 1.807) is 11.1 Å². The largest absolute Gasteiger partial charge is 0.330 e. The number of thioether (sulfide) groups is 1. The Morgan fingerprint density at radius 2 is 2.35 bits per heavy atom. The molecule has 1 aromatic rings. The second-order valence-electron chi connectivity index (χ2n) is 5.22. The van der Waals surface area contributed by atoms with Crippen molar-refractivity contribution in [2.24, 2.45) is 11.7 Å². The highest BCUT2D eigenvalue weighted by Crippen LogP contribution is 2.41. The summed E-state index contributed by atoms with van der Waals surface area (Å²) in [5.74, 6) is 1.93. The van der Waals surface area contributed by atoms with Crippen molar-refractivity contribution in [3.63, 3.8) is 0 Å². The molecule has 3 heteroatoms. The Labute approximate surface area is 108 Å². The van der Waals surface area contributed by atoms with Crippen molar-refractivity contribution in [1.82, 2.24) is 4.90 Å². The first-order valence-corrected chi connectivity index (χ1v) is 7.43. The summed E-state index contributed by atoms with van der Waals surface area (Å²) in [7, 11) is 2.24. The zero-order chi connectivity index (χ0) is 11.8. The zero-order valence-electron chi connectivity index (χ0n) is 10.4. The monoisotopic (exact) mass is 248 g/mol. The number of hydrogen-bond acceptors (Lipinski definition) is 3. The molecule has 2 N–H and O–H groups in total. The quantitative estimate of drug-likeness (QED) is 0.870. The van der Waals surface area contributed by atoms with Crippen LogP contribution in [0.4, 0.5) is 0 Å². The van der Waals surface area contributed by atoms with E-state index in [0.717, 1.165) is 13.1 Å². The topological polar surface area (TPSA) is 29.3 Å². The van der Waals surface area contributed by atoms with Gasteiger partial charge in [-0.2, -0.15) is 0 Å². The highest BCUT2D eigenvalue weighted by atomic mass is 32.2. The Morgan fingerprint density at radius 3 is 3.12 bits per heavy atom. The van der Waals surface area contributed by atoms with Gasteiger partial charge >= 0.3 is 0 Å². The summed E-state index contributed by atoms with van der Waals surface area (Å²) in [5, 5.41) is 0. The molecule has 0 aliphatic carbocycles. The second kappa shape index (κ2) is 4.63. The molecule has 1 fully saturated rings. The van der Waals surface area contributed by atoms with Crippen molar-refractivity contribution in [3.8, 4) is 0 Å². The normalized spacial score (nSPS) is 28.6. The number of nitrogens with two attached hydrogens (primary N) is 1. The summed E-state index contributed by atoms with van der Waals surface area (Å²) in [4.78, 5) is 3.99. The van der Waals surface area contributed by atoms with Gasteiger partial charge in [-0.3, -0.25) is 4.90 Å². The third-order valence-corrected chi connectivity index (χ3v) is 5.21. The van der Waals surface area contributed by atoms with E-state index >= 15 is 0 Å². The number of fused-ring (bicyclic) bond motifs is 1. The molecule has 2 aliphatic rings. The first kappa shape index (κ1) is 11.6. The first-order chi connectivity index (χ1) is 8.29. The minimum atomic E-state index is 0.595. The minimum Gasteiger partial charge on any atom is -0.330 e. The van der Waals surface area contributed by atoms with Crippen LogP contribution < -0.4 is 5.73 Å². The molecule has 1 saturated heterocycles. The van der Waals surface area contributed by atoms with Crippen molar-refractivity contribution in [1.29, 1.82) is 0 Å². The Balaban J connectivity index is 1.92. The fourth-order valence-electron chi connectivity index (χ4n) is 3.20. The SMILES string of the molecule is CN1CC(CN)CC1c1cccc2c1CCS2. The third kappa shape index (κ3) is 2.01. The van der Waals surface area contributed by atoms with E-state index in [1.807, 2.05) is 11.8 Å². The highest BCUT2D eigenvalue weighted by Gasteiger charge is 2.32. The van der Waals surface area contributed by atoms with Gasteiger partial charge in [-0.15, -0.1) is 11.8 Å². The fraction of sp³-hybridized carbons (Fsp3) is 0.571. The first-order valence-electron chi connectivity index (χ1n) is 6.44. The summed E-state index contributed by atoms with van der Waals surface area (Å²) < 4.78 is 0. The molecule has 0 aromatic heterocycles. The molecule has 0 spiro atoms. The van der Waals surface area contributed by atoms with Crippen LogP contribution in [0.1, 0.15) is 23.6 Å². The van der Waals surface area contributed by atoms with Gasteiger partial charge < -0.3 is 5.73 Å². The lowest BCUT2D eigenvalue weighted by Gasteiger charge is -2.22. The molecular formula is C14H20N2S. The smallest absolute Gasteiger partial charge is 0.0351 e. The summed E-state index contributed by atoms with van der Waals surface area (Å²) in [5.41, 5.74) is 8.98. The third-order valence-electron chi connectivity index (χ3n) is 4.11. The van der Waals surface area contributed by atoms with E-state index in [-0.39, 0.29) is 0 Å². The van der Waals surface area contributed by atoms with Gasteiger partial charge in [0.1, 0.15) is 0 Å². The van der Waals surface area contributed by atoms with E-state index in [2.05, 4.69) is 30.1 Å². The summed E-state index contributed by atoms with van der Waals surface area (Å²) in [6, 6.07) is 7.41. The van der Waals surface area contributed by atoms with Gasteiger partial charge in [0.05, 0.1) is 0 Å². The molecule has 0 amide bonds. The number of nitrogens with zero attached hydrogens (tertiary/aromatic N) is 1. The van der Waals surface area contributed by atoms with Gasteiger partial charge in [0, 0.05) is 23.2 Å². The van der Waals surface area contributed by atoms with Crippen LogP contribution in [0.25, 0.3) is 0 Å². The van der Waals surface area contributed by atoms with Crippen LogP contribution in [-0.4, -0.2) is 30.8 Å². The predicted octanol–water partition coefficient (Wildman–Crippen LogP) is 2.29. The maximum Gasteiger partial charge on any atom is 0.0351 e. The summed E-state index contributed by atoms with van der Waals surface area (Å²) in [6.45, 7) is 1.97. The molecule has 0 bridgehead atoms. The van der Waals surface area contributed by atoms with Crippen LogP contribution in [0, 0.1) is 5.92 Å². The van der Waals surface area contributed by atoms with Gasteiger partial charge in [0.2, 0.25) is 0 Å². The molecule has 1 aromatic carbocycles. The summed E-state index contributed by atoms with van der Waals surface area (Å²) >= 11 is 2.01. The molecule has 2 heterocycles. The zero-order valence-corrected chi connectivity index (χ0v) is 11.2. The van der Waals surface area contributed by atoms with E-state index in [1.165, 1.54) is 23.5 Å². The molecule has 92 valence electrons. The van der Waals surface area contributed by atoms with Gasteiger partial charge in [-0.25, -0.2) is 0 Å². The standard InChI is InChI=1S/C14H20N2S/c1-16-9-10(8-15)7-13(16)11-3-2-4-14-12(11)5-6-17-14/h2-4,10,13H,5-9,15H2,1H3. The molecular weight excluding hydrogens is 228 g/mol. The molecule has 0 saturated carbocycles. The Bertz CT molecular complexity index is 419. The van der Waals surface area contributed by atoms with Crippen molar-refractivity contribution in [2.45, 2.75) is 23.8 Å². The van der Waals surface area contributed by atoms with E-state index < -0.39 is 0 Å². The lowest BCUT2D eigenvalue weighted by Crippen LogP contribution is -2.21. The highest BCUT2D eigenvalue weighted by molar-refractivity contribution is 7.99. The molecule has 2 unspecified atom stereocenters. The van der Waals surface area contributed by atoms with Crippen molar-refractivity contribution in [2.75, 3.05) is 25.9 Å². The number of hydrogen-bond donors (Lipinski definition) is 1. The molecule has 17 heavy (non-hydrogen) atoms. The maximum atomic E-state index is 5.82. The molecule has 2 nitrogen and oxygen atoms in total. The van der Waals surface area contributed by atoms with E-state index in [9.17, 15) is 0 Å². The molecule has 3 rings (SSSR count). The van der Waals surface area contributed by atoms with E-state index in [0.29, 0.717) is 12.0 Å². The average molecular weight is 248 g/mol. The van der Waals surface area contributed by atoms with Gasteiger partial charge in [-0.05, 0) is 49.5 Å². The lowest BCUT2D eigenvalue weighted by molar-refractivity contribution is 0.312. The van der Waals surface area contributed by atoms with Crippen LogP contribution in [0.5, 0.6) is 0 Å². The van der Waals surface area contributed by atoms with Crippen LogP contribution in [0.2, 0.25) is 0 Å². The lowest BCUT2D eigenvalue weighted by atomic mass is 9.94. The fourth-order valence-corrected chi connectivity index (χ4v) is 4.30. The minimum absolute atomic E-state index is 0.595. The molecule has 2 aliphatic heterocycles. The molecule has 2 atom stereocenters. The number of likely N-dealkylation sites (tertiary alicyclic amines) is 1. The number of rotatable bonds is 2. The average Bonchev–Trinajstić information content (AvgIpc) is 2.94. The van der Waals surface area contributed by atoms with Crippen molar-refractivity contribution in [3.05, 3.63) is 29.3 Å². The predicted molar refractivity (Wildman–Crippen MR) is 73.4 cm³/mol. The number of benzene rings is 1. The van der Waals surface area contributed by atoms with Crippen LogP contribution in [-0.2, 0) is 6.42 Å². The van der Waals surface area contributed by atoms with Crippen molar-refractivity contribution < 1.29 is 0 Å². The van der Waals surface area contributed by atoms with Gasteiger partial charge in [-0.1, -0.05) is 12.1 Å². The van der Waals surface area contributed by atoms with Gasteiger partial charge in [0.15, 0.2) is 0 Å².